The summed E-state index contributed by atoms with van der Waals surface area (Å²) < 4.78 is 34.5. The van der Waals surface area contributed by atoms with Gasteiger partial charge in [-0.1, -0.05) is 219 Å². The van der Waals surface area contributed by atoms with Crippen LogP contribution in [-0.4, -0.2) is 74.9 Å². The number of esters is 2. The minimum Gasteiger partial charge on any atom is -0.462 e. The standard InChI is InChI=1S/C52H102NO8P/c1-6-8-10-12-14-16-18-20-22-24-25-26-27-29-31-33-35-37-39-41-43-45-52(55)61-50(49-60-62(56,57)59-47-46-53(3,4)5)48-58-51(54)44-42-40-38-36-34-32-30-28-23-21-19-17-15-13-11-9-7-2/h21,23,50H,6-20,22,24-49H2,1-5H3/p+1/b23-21+/t50-/m1/s1. The summed E-state index contributed by atoms with van der Waals surface area (Å²) in [5, 5.41) is 0. The summed E-state index contributed by atoms with van der Waals surface area (Å²) in [6.45, 7) is 4.47. The first kappa shape index (κ1) is 60.8. The van der Waals surface area contributed by atoms with Crippen molar-refractivity contribution >= 4 is 19.8 Å². The molecule has 0 aromatic carbocycles. The maximum absolute atomic E-state index is 12.8. The number of phosphoric acid groups is 1. The van der Waals surface area contributed by atoms with Crippen molar-refractivity contribution in [3.05, 3.63) is 12.2 Å². The Hall–Kier alpha value is -1.25. The molecule has 0 spiro atoms. The van der Waals surface area contributed by atoms with Gasteiger partial charge in [-0.05, 0) is 38.5 Å². The Labute approximate surface area is 384 Å². The second-order valence-electron chi connectivity index (χ2n) is 19.3. The molecule has 0 rings (SSSR count). The molecule has 0 aromatic heterocycles. The minimum absolute atomic E-state index is 0.0346. The van der Waals surface area contributed by atoms with Crippen LogP contribution in [0.2, 0.25) is 0 Å². The summed E-state index contributed by atoms with van der Waals surface area (Å²) in [4.78, 5) is 35.6. The molecule has 0 radical (unpaired) electrons. The number of carbonyl (C=O) groups is 2. The van der Waals surface area contributed by atoms with Crippen LogP contribution in [0.15, 0.2) is 12.2 Å². The molecule has 10 heteroatoms. The number of carbonyl (C=O) groups excluding carboxylic acids is 2. The molecule has 1 unspecified atom stereocenters. The lowest BCUT2D eigenvalue weighted by Gasteiger charge is -2.24. The summed E-state index contributed by atoms with van der Waals surface area (Å²) in [5.41, 5.74) is 0. The second-order valence-corrected chi connectivity index (χ2v) is 20.7. The third-order valence-electron chi connectivity index (χ3n) is 11.8. The zero-order valence-corrected chi connectivity index (χ0v) is 42.5. The number of rotatable bonds is 49. The molecule has 0 amide bonds. The average Bonchev–Trinajstić information content (AvgIpc) is 3.23. The molecule has 62 heavy (non-hydrogen) atoms. The van der Waals surface area contributed by atoms with Crippen LogP contribution >= 0.6 is 7.82 Å². The summed E-state index contributed by atoms with van der Waals surface area (Å²) in [6, 6.07) is 0. The first-order chi connectivity index (χ1) is 30.0. The zero-order valence-electron chi connectivity index (χ0n) is 41.6. The van der Waals surface area contributed by atoms with Crippen molar-refractivity contribution in [2.45, 2.75) is 264 Å². The largest absolute Gasteiger partial charge is 0.472 e. The van der Waals surface area contributed by atoms with E-state index in [1.54, 1.807) is 0 Å². The van der Waals surface area contributed by atoms with Gasteiger partial charge in [-0.15, -0.1) is 0 Å². The molecule has 9 nitrogen and oxygen atoms in total. The molecular formula is C52H103NO8P+. The van der Waals surface area contributed by atoms with Gasteiger partial charge in [0.2, 0.25) is 0 Å². The number of ether oxygens (including phenoxy) is 2. The van der Waals surface area contributed by atoms with Crippen molar-refractivity contribution in [2.75, 3.05) is 47.5 Å². The Morgan fingerprint density at radius 3 is 1.19 bits per heavy atom. The van der Waals surface area contributed by atoms with Crippen molar-refractivity contribution in [1.82, 2.24) is 0 Å². The lowest BCUT2D eigenvalue weighted by atomic mass is 10.0. The Bertz CT molecular complexity index is 1060. The van der Waals surface area contributed by atoms with E-state index in [9.17, 15) is 19.0 Å². The maximum atomic E-state index is 12.8. The van der Waals surface area contributed by atoms with Crippen LogP contribution in [0.4, 0.5) is 0 Å². The number of hydrogen-bond donors (Lipinski definition) is 1. The molecule has 0 bridgehead atoms. The van der Waals surface area contributed by atoms with Gasteiger partial charge in [-0.25, -0.2) is 4.57 Å². The third-order valence-corrected chi connectivity index (χ3v) is 12.8. The lowest BCUT2D eigenvalue weighted by molar-refractivity contribution is -0.870. The highest BCUT2D eigenvalue weighted by molar-refractivity contribution is 7.47. The average molecular weight is 901 g/mol. The van der Waals surface area contributed by atoms with Crippen LogP contribution in [-0.2, 0) is 32.7 Å². The van der Waals surface area contributed by atoms with Crippen molar-refractivity contribution in [2.24, 2.45) is 0 Å². The van der Waals surface area contributed by atoms with E-state index in [-0.39, 0.29) is 32.0 Å². The molecule has 0 heterocycles. The van der Waals surface area contributed by atoms with E-state index in [4.69, 9.17) is 18.5 Å². The number of phosphoric ester groups is 1. The van der Waals surface area contributed by atoms with E-state index < -0.39 is 26.5 Å². The van der Waals surface area contributed by atoms with Crippen molar-refractivity contribution in [3.63, 3.8) is 0 Å². The fraction of sp³-hybridized carbons (Fsp3) is 0.923. The molecule has 1 N–H and O–H groups in total. The maximum Gasteiger partial charge on any atom is 0.472 e. The fourth-order valence-electron chi connectivity index (χ4n) is 7.66. The Kier molecular flexibility index (Phi) is 44.0. The lowest BCUT2D eigenvalue weighted by Crippen LogP contribution is -2.37. The smallest absolute Gasteiger partial charge is 0.462 e. The SMILES string of the molecule is CCCCCCCC/C=C/CCCCCCCCCC(=O)OC[C@H](COP(=O)(O)OCC[N+](C)(C)C)OC(=O)CCCCCCCCCCCCCCCCCCCCCCC. The van der Waals surface area contributed by atoms with Gasteiger partial charge in [0.05, 0.1) is 27.7 Å². The fourth-order valence-corrected chi connectivity index (χ4v) is 8.40. The predicted octanol–water partition coefficient (Wildman–Crippen LogP) is 15.7. The Morgan fingerprint density at radius 2 is 0.823 bits per heavy atom. The summed E-state index contributed by atoms with van der Waals surface area (Å²) in [6.07, 6.45) is 49.8. The van der Waals surface area contributed by atoms with Crippen LogP contribution in [0.3, 0.4) is 0 Å². The summed E-state index contributed by atoms with van der Waals surface area (Å²) in [5.74, 6) is -0.787. The van der Waals surface area contributed by atoms with Gasteiger partial charge in [0.1, 0.15) is 19.8 Å². The highest BCUT2D eigenvalue weighted by atomic mass is 31.2. The van der Waals surface area contributed by atoms with Gasteiger partial charge in [-0.3, -0.25) is 18.6 Å². The van der Waals surface area contributed by atoms with E-state index >= 15 is 0 Å². The highest BCUT2D eigenvalue weighted by Crippen LogP contribution is 2.43. The van der Waals surface area contributed by atoms with Gasteiger partial charge in [0, 0.05) is 12.8 Å². The zero-order chi connectivity index (χ0) is 45.7. The van der Waals surface area contributed by atoms with Gasteiger partial charge in [0.25, 0.3) is 0 Å². The molecule has 0 aliphatic rings. The highest BCUT2D eigenvalue weighted by Gasteiger charge is 2.27. The van der Waals surface area contributed by atoms with E-state index in [2.05, 4.69) is 26.0 Å². The van der Waals surface area contributed by atoms with Gasteiger partial charge in [-0.2, -0.15) is 0 Å². The number of quaternary nitrogens is 1. The Morgan fingerprint density at radius 1 is 0.484 bits per heavy atom. The van der Waals surface area contributed by atoms with Crippen LogP contribution in [0, 0.1) is 0 Å². The van der Waals surface area contributed by atoms with E-state index in [1.165, 1.54) is 193 Å². The first-order valence-electron chi connectivity index (χ1n) is 26.4. The second kappa shape index (κ2) is 44.9. The molecule has 0 fully saturated rings. The third kappa shape index (κ3) is 48.2. The van der Waals surface area contributed by atoms with E-state index in [1.807, 2.05) is 21.1 Å². The monoisotopic (exact) mass is 901 g/mol. The number of nitrogens with zero attached hydrogens (tertiary/aromatic N) is 1. The molecule has 0 aliphatic heterocycles. The van der Waals surface area contributed by atoms with Gasteiger partial charge in [0.15, 0.2) is 6.10 Å². The molecule has 0 saturated heterocycles. The topological polar surface area (TPSA) is 108 Å². The molecule has 0 aliphatic carbocycles. The molecule has 368 valence electrons. The Balaban J connectivity index is 4.20. The summed E-state index contributed by atoms with van der Waals surface area (Å²) >= 11 is 0. The normalized spacial score (nSPS) is 13.5. The van der Waals surface area contributed by atoms with Crippen molar-refractivity contribution in [3.8, 4) is 0 Å². The van der Waals surface area contributed by atoms with Crippen LogP contribution in [0.5, 0.6) is 0 Å². The molecule has 0 aromatic rings. The van der Waals surface area contributed by atoms with Crippen molar-refractivity contribution in [1.29, 1.82) is 0 Å². The van der Waals surface area contributed by atoms with Crippen LogP contribution in [0.1, 0.15) is 258 Å². The number of likely N-dealkylation sites (N-methyl/N-ethyl adjacent to an activating group) is 1. The van der Waals surface area contributed by atoms with E-state index in [0.717, 1.165) is 32.1 Å². The number of hydrogen-bond acceptors (Lipinski definition) is 7. The first-order valence-corrected chi connectivity index (χ1v) is 27.9. The number of unbranched alkanes of at least 4 members (excludes halogenated alkanes) is 33. The molecule has 2 atom stereocenters. The van der Waals surface area contributed by atoms with Gasteiger partial charge >= 0.3 is 19.8 Å². The van der Waals surface area contributed by atoms with Crippen LogP contribution < -0.4 is 0 Å². The predicted molar refractivity (Wildman–Crippen MR) is 261 cm³/mol. The minimum atomic E-state index is -4.38. The van der Waals surface area contributed by atoms with Gasteiger partial charge < -0.3 is 18.9 Å². The summed E-state index contributed by atoms with van der Waals surface area (Å²) in [7, 11) is 1.49. The van der Waals surface area contributed by atoms with Crippen LogP contribution in [0.25, 0.3) is 0 Å². The van der Waals surface area contributed by atoms with E-state index in [0.29, 0.717) is 17.4 Å². The number of allylic oxidation sites excluding steroid dienone is 2. The molecular weight excluding hydrogens is 798 g/mol. The molecule has 0 saturated carbocycles. The quantitative estimate of drug-likeness (QED) is 0.0211. The van der Waals surface area contributed by atoms with Crippen molar-refractivity contribution < 1.29 is 42.1 Å².